The van der Waals surface area contributed by atoms with Gasteiger partial charge in [0, 0.05) is 17.2 Å². The smallest absolute Gasteiger partial charge is 0.274 e. The lowest BCUT2D eigenvalue weighted by Gasteiger charge is -2.23. The van der Waals surface area contributed by atoms with Crippen molar-refractivity contribution in [2.24, 2.45) is 0 Å². The summed E-state index contributed by atoms with van der Waals surface area (Å²) in [7, 11) is 0. The number of hydrogen-bond donors (Lipinski definition) is 2. The lowest BCUT2D eigenvalue weighted by atomic mass is 10.1. The number of amides is 1. The van der Waals surface area contributed by atoms with Crippen molar-refractivity contribution in [3.63, 3.8) is 0 Å². The van der Waals surface area contributed by atoms with Crippen LogP contribution in [0.1, 0.15) is 21.5 Å². The molecule has 1 aliphatic rings. The van der Waals surface area contributed by atoms with E-state index in [1.54, 1.807) is 31.2 Å². The van der Waals surface area contributed by atoms with Gasteiger partial charge in [0.05, 0.1) is 29.4 Å². The van der Waals surface area contributed by atoms with Crippen LogP contribution in [0.25, 0.3) is 0 Å². The second-order valence-electron chi connectivity index (χ2n) is 6.40. The summed E-state index contributed by atoms with van der Waals surface area (Å²) >= 11 is 0. The van der Waals surface area contributed by atoms with Gasteiger partial charge in [0.15, 0.2) is 0 Å². The summed E-state index contributed by atoms with van der Waals surface area (Å²) in [5, 5.41) is 13.8. The molecule has 2 N–H and O–H groups in total. The van der Waals surface area contributed by atoms with Crippen LogP contribution >= 0.6 is 0 Å². The van der Waals surface area contributed by atoms with Crippen LogP contribution in [0.4, 0.5) is 11.4 Å². The molecule has 136 valence electrons. The van der Waals surface area contributed by atoms with E-state index in [0.29, 0.717) is 16.8 Å². The van der Waals surface area contributed by atoms with Gasteiger partial charge in [-0.15, -0.1) is 0 Å². The maximum Gasteiger partial charge on any atom is 0.274 e. The predicted molar refractivity (Wildman–Crippen MR) is 97.4 cm³/mol. The minimum Gasteiger partial charge on any atom is -0.370 e. The van der Waals surface area contributed by atoms with Gasteiger partial charge in [-0.25, -0.2) is 0 Å². The lowest BCUT2D eigenvalue weighted by Crippen LogP contribution is -3.12. The normalized spacial score (nSPS) is 14.8. The van der Waals surface area contributed by atoms with Crippen LogP contribution in [-0.4, -0.2) is 37.1 Å². The maximum atomic E-state index is 12.4. The molecule has 2 aromatic rings. The predicted octanol–water partition coefficient (Wildman–Crippen LogP) is 1.57. The number of carbonyl (C=O) groups excluding carboxylic acids is 1. The van der Waals surface area contributed by atoms with Gasteiger partial charge in [-0.2, -0.15) is 0 Å². The van der Waals surface area contributed by atoms with Crippen molar-refractivity contribution >= 4 is 17.3 Å². The van der Waals surface area contributed by atoms with Crippen LogP contribution in [0.3, 0.4) is 0 Å². The second-order valence-corrected chi connectivity index (χ2v) is 6.40. The summed E-state index contributed by atoms with van der Waals surface area (Å²) in [5.41, 5.74) is 2.58. The molecule has 26 heavy (non-hydrogen) atoms. The fourth-order valence-electron chi connectivity index (χ4n) is 3.05. The zero-order valence-corrected chi connectivity index (χ0v) is 14.7. The fraction of sp³-hybridized carbons (Fsp3) is 0.316. The number of carbonyl (C=O) groups is 1. The molecule has 1 amide bonds. The van der Waals surface area contributed by atoms with E-state index < -0.39 is 4.92 Å². The molecule has 7 heteroatoms. The number of ether oxygens (including phenoxy) is 1. The van der Waals surface area contributed by atoms with Gasteiger partial charge in [-0.05, 0) is 25.1 Å². The number of nitro groups is 1. The number of morpholine rings is 1. The summed E-state index contributed by atoms with van der Waals surface area (Å²) in [5.74, 6) is -0.279. The van der Waals surface area contributed by atoms with E-state index in [4.69, 9.17) is 4.74 Å². The third kappa shape index (κ3) is 4.25. The number of nitrogens with zero attached hydrogens (tertiary/aromatic N) is 1. The number of rotatable bonds is 5. The molecule has 0 spiro atoms. The van der Waals surface area contributed by atoms with E-state index in [2.05, 4.69) is 5.32 Å². The summed E-state index contributed by atoms with van der Waals surface area (Å²) in [4.78, 5) is 24.5. The van der Waals surface area contributed by atoms with Gasteiger partial charge in [0.25, 0.3) is 11.6 Å². The molecular formula is C19H22N3O4+. The average molecular weight is 356 g/mol. The summed E-state index contributed by atoms with van der Waals surface area (Å²) in [6.45, 7) is 6.11. The van der Waals surface area contributed by atoms with Gasteiger partial charge >= 0.3 is 0 Å². The molecule has 0 bridgehead atoms. The first-order chi connectivity index (χ1) is 12.5. The molecule has 0 aromatic heterocycles. The molecule has 0 saturated carbocycles. The first-order valence-electron chi connectivity index (χ1n) is 8.60. The Morgan fingerprint density at radius 3 is 2.54 bits per heavy atom. The van der Waals surface area contributed by atoms with E-state index >= 15 is 0 Å². The molecule has 0 unspecified atom stereocenters. The molecule has 3 rings (SSSR count). The molecule has 0 radical (unpaired) electrons. The SMILES string of the molecule is Cc1c(NC(=O)c2ccc(C[NH+]3CCOCC3)cc2)cccc1[N+](=O)[O-]. The van der Waals surface area contributed by atoms with E-state index in [9.17, 15) is 14.9 Å². The highest BCUT2D eigenvalue weighted by Gasteiger charge is 2.17. The van der Waals surface area contributed by atoms with Crippen molar-refractivity contribution in [2.45, 2.75) is 13.5 Å². The molecule has 2 aromatic carbocycles. The zero-order chi connectivity index (χ0) is 18.5. The van der Waals surface area contributed by atoms with Crippen LogP contribution in [0.2, 0.25) is 0 Å². The van der Waals surface area contributed by atoms with Gasteiger partial charge in [0.1, 0.15) is 19.6 Å². The fourth-order valence-corrected chi connectivity index (χ4v) is 3.05. The Morgan fingerprint density at radius 1 is 1.19 bits per heavy atom. The van der Waals surface area contributed by atoms with Crippen molar-refractivity contribution in [3.05, 3.63) is 69.3 Å². The van der Waals surface area contributed by atoms with Crippen LogP contribution in [0.15, 0.2) is 42.5 Å². The van der Waals surface area contributed by atoms with Gasteiger partial charge in [0.2, 0.25) is 0 Å². The largest absolute Gasteiger partial charge is 0.370 e. The molecule has 0 atom stereocenters. The maximum absolute atomic E-state index is 12.4. The van der Waals surface area contributed by atoms with Gasteiger partial charge in [-0.3, -0.25) is 14.9 Å². The number of quaternary nitrogens is 1. The van der Waals surface area contributed by atoms with E-state index in [1.165, 1.54) is 16.5 Å². The van der Waals surface area contributed by atoms with E-state index in [-0.39, 0.29) is 11.6 Å². The average Bonchev–Trinajstić information content (AvgIpc) is 2.64. The van der Waals surface area contributed by atoms with Crippen LogP contribution in [0.5, 0.6) is 0 Å². The van der Waals surface area contributed by atoms with Crippen LogP contribution in [0, 0.1) is 17.0 Å². The first kappa shape index (κ1) is 18.0. The summed E-state index contributed by atoms with van der Waals surface area (Å²) in [6.07, 6.45) is 0. The zero-order valence-electron chi connectivity index (χ0n) is 14.7. The molecule has 1 fully saturated rings. The molecule has 1 aliphatic heterocycles. The van der Waals surface area contributed by atoms with E-state index in [0.717, 1.165) is 32.8 Å². The molecule has 1 heterocycles. The van der Waals surface area contributed by atoms with Gasteiger partial charge in [-0.1, -0.05) is 18.2 Å². The monoisotopic (exact) mass is 356 g/mol. The Morgan fingerprint density at radius 2 is 1.88 bits per heavy atom. The van der Waals surface area contributed by atoms with Crippen molar-refractivity contribution in [1.29, 1.82) is 0 Å². The Labute approximate surface area is 151 Å². The Balaban J connectivity index is 1.67. The summed E-state index contributed by atoms with van der Waals surface area (Å²) in [6, 6.07) is 12.1. The third-order valence-electron chi connectivity index (χ3n) is 4.62. The Kier molecular flexibility index (Phi) is 5.60. The van der Waals surface area contributed by atoms with Crippen molar-refractivity contribution in [1.82, 2.24) is 0 Å². The number of anilines is 1. The summed E-state index contributed by atoms with van der Waals surface area (Å²) < 4.78 is 5.36. The molecule has 7 nitrogen and oxygen atoms in total. The van der Waals surface area contributed by atoms with Crippen molar-refractivity contribution < 1.29 is 19.4 Å². The van der Waals surface area contributed by atoms with Crippen LogP contribution in [-0.2, 0) is 11.3 Å². The number of nitro benzene ring substituents is 1. The number of benzene rings is 2. The standard InChI is InChI=1S/C19H21N3O4/c1-14-17(3-2-4-18(14)22(24)25)20-19(23)16-7-5-15(6-8-16)13-21-9-11-26-12-10-21/h2-8H,9-13H2,1H3,(H,20,23)/p+1. The number of nitrogens with one attached hydrogen (secondary N) is 2. The Bertz CT molecular complexity index is 799. The second kappa shape index (κ2) is 8.07. The first-order valence-corrected chi connectivity index (χ1v) is 8.60. The third-order valence-corrected chi connectivity index (χ3v) is 4.62. The van der Waals surface area contributed by atoms with Crippen molar-refractivity contribution in [2.75, 3.05) is 31.6 Å². The quantitative estimate of drug-likeness (QED) is 0.629. The van der Waals surface area contributed by atoms with Gasteiger partial charge < -0.3 is 15.0 Å². The topological polar surface area (TPSA) is 85.9 Å². The molecule has 1 saturated heterocycles. The van der Waals surface area contributed by atoms with E-state index in [1.807, 2.05) is 12.1 Å². The van der Waals surface area contributed by atoms with Crippen LogP contribution < -0.4 is 10.2 Å². The molecular weight excluding hydrogens is 334 g/mol. The van der Waals surface area contributed by atoms with Crippen molar-refractivity contribution in [3.8, 4) is 0 Å². The lowest BCUT2D eigenvalue weighted by molar-refractivity contribution is -0.921. The number of hydrogen-bond acceptors (Lipinski definition) is 4. The molecule has 0 aliphatic carbocycles. The highest BCUT2D eigenvalue weighted by molar-refractivity contribution is 6.04. The minimum absolute atomic E-state index is 0.00775. The Hall–Kier alpha value is -2.77. The minimum atomic E-state index is -0.451. The highest BCUT2D eigenvalue weighted by Crippen LogP contribution is 2.25. The highest BCUT2D eigenvalue weighted by atomic mass is 16.6.